The molecule has 0 aliphatic carbocycles. The van der Waals surface area contributed by atoms with E-state index in [0.717, 1.165) is 37.6 Å². The average molecular weight is 195 g/mol. The van der Waals surface area contributed by atoms with Gasteiger partial charge in [0.2, 0.25) is 0 Å². The SMILES string of the molecule is Cc1ccc(C(N)C2CCCOC2)o1. The maximum Gasteiger partial charge on any atom is 0.121 e. The molecule has 0 aromatic carbocycles. The van der Waals surface area contributed by atoms with Crippen molar-refractivity contribution < 1.29 is 9.15 Å². The van der Waals surface area contributed by atoms with Gasteiger partial charge in [0.1, 0.15) is 11.5 Å². The lowest BCUT2D eigenvalue weighted by atomic mass is 9.93. The highest BCUT2D eigenvalue weighted by molar-refractivity contribution is 5.10. The van der Waals surface area contributed by atoms with Crippen molar-refractivity contribution in [2.24, 2.45) is 11.7 Å². The molecule has 2 unspecified atom stereocenters. The number of nitrogens with two attached hydrogens (primary N) is 1. The maximum atomic E-state index is 6.11. The molecule has 2 atom stereocenters. The topological polar surface area (TPSA) is 48.4 Å². The Hall–Kier alpha value is -0.800. The molecule has 2 heterocycles. The van der Waals surface area contributed by atoms with Crippen molar-refractivity contribution in [1.82, 2.24) is 0 Å². The molecule has 14 heavy (non-hydrogen) atoms. The Kier molecular flexibility index (Phi) is 2.89. The third-order valence-corrected chi connectivity index (χ3v) is 2.79. The second-order valence-corrected chi connectivity index (χ2v) is 3.95. The Labute approximate surface area is 84.2 Å². The van der Waals surface area contributed by atoms with Gasteiger partial charge in [0.15, 0.2) is 0 Å². The second kappa shape index (κ2) is 4.15. The number of hydrogen-bond donors (Lipinski definition) is 1. The molecule has 0 amide bonds. The molecule has 0 spiro atoms. The first kappa shape index (κ1) is 9.74. The Morgan fingerprint density at radius 2 is 2.36 bits per heavy atom. The minimum atomic E-state index is -0.0102. The van der Waals surface area contributed by atoms with Crippen molar-refractivity contribution in [3.8, 4) is 0 Å². The fourth-order valence-electron chi connectivity index (χ4n) is 1.91. The van der Waals surface area contributed by atoms with Gasteiger partial charge in [-0.2, -0.15) is 0 Å². The van der Waals surface area contributed by atoms with Gasteiger partial charge < -0.3 is 14.9 Å². The Balaban J connectivity index is 2.03. The van der Waals surface area contributed by atoms with Gasteiger partial charge in [-0.05, 0) is 31.9 Å². The van der Waals surface area contributed by atoms with Crippen molar-refractivity contribution in [2.45, 2.75) is 25.8 Å². The van der Waals surface area contributed by atoms with Gasteiger partial charge in [0.05, 0.1) is 12.6 Å². The van der Waals surface area contributed by atoms with Crippen LogP contribution in [0, 0.1) is 12.8 Å². The van der Waals surface area contributed by atoms with E-state index in [4.69, 9.17) is 14.9 Å². The van der Waals surface area contributed by atoms with Crippen LogP contribution >= 0.6 is 0 Å². The van der Waals surface area contributed by atoms with Crippen LogP contribution in [0.3, 0.4) is 0 Å². The Morgan fingerprint density at radius 3 is 2.93 bits per heavy atom. The highest BCUT2D eigenvalue weighted by atomic mass is 16.5. The number of furan rings is 1. The lowest BCUT2D eigenvalue weighted by molar-refractivity contribution is 0.0418. The van der Waals surface area contributed by atoms with Crippen LogP contribution in [-0.4, -0.2) is 13.2 Å². The van der Waals surface area contributed by atoms with Gasteiger partial charge in [-0.3, -0.25) is 0 Å². The van der Waals surface area contributed by atoms with Gasteiger partial charge in [0, 0.05) is 12.5 Å². The molecule has 0 radical (unpaired) electrons. The molecular formula is C11H17NO2. The van der Waals surface area contributed by atoms with E-state index >= 15 is 0 Å². The van der Waals surface area contributed by atoms with Crippen molar-refractivity contribution in [1.29, 1.82) is 0 Å². The molecule has 3 heteroatoms. The molecule has 1 aliphatic heterocycles. The fourth-order valence-corrected chi connectivity index (χ4v) is 1.91. The summed E-state index contributed by atoms with van der Waals surface area (Å²) in [6, 6.07) is 3.91. The largest absolute Gasteiger partial charge is 0.465 e. The molecule has 1 saturated heterocycles. The van der Waals surface area contributed by atoms with E-state index in [0.29, 0.717) is 5.92 Å². The van der Waals surface area contributed by atoms with Crippen LogP contribution in [0.4, 0.5) is 0 Å². The number of rotatable bonds is 2. The smallest absolute Gasteiger partial charge is 0.121 e. The van der Waals surface area contributed by atoms with Gasteiger partial charge in [-0.15, -0.1) is 0 Å². The summed E-state index contributed by atoms with van der Waals surface area (Å²) in [5.74, 6) is 2.22. The fraction of sp³-hybridized carbons (Fsp3) is 0.636. The van der Waals surface area contributed by atoms with Gasteiger partial charge in [-0.1, -0.05) is 0 Å². The van der Waals surface area contributed by atoms with Crippen LogP contribution in [0.25, 0.3) is 0 Å². The van der Waals surface area contributed by atoms with Crippen molar-refractivity contribution >= 4 is 0 Å². The molecule has 3 nitrogen and oxygen atoms in total. The molecule has 1 aromatic rings. The summed E-state index contributed by atoms with van der Waals surface area (Å²) in [4.78, 5) is 0. The van der Waals surface area contributed by atoms with Gasteiger partial charge >= 0.3 is 0 Å². The van der Waals surface area contributed by atoms with E-state index < -0.39 is 0 Å². The van der Waals surface area contributed by atoms with Crippen LogP contribution in [0.2, 0.25) is 0 Å². The molecule has 2 N–H and O–H groups in total. The van der Waals surface area contributed by atoms with Crippen LogP contribution in [0.5, 0.6) is 0 Å². The normalized spacial score (nSPS) is 24.9. The minimum absolute atomic E-state index is 0.0102. The number of ether oxygens (including phenoxy) is 1. The predicted octanol–water partition coefficient (Wildman–Crippen LogP) is 2.01. The lowest BCUT2D eigenvalue weighted by Gasteiger charge is -2.26. The summed E-state index contributed by atoms with van der Waals surface area (Å²) in [6.45, 7) is 3.58. The van der Waals surface area contributed by atoms with Crippen LogP contribution in [-0.2, 0) is 4.74 Å². The summed E-state index contributed by atoms with van der Waals surface area (Å²) in [7, 11) is 0. The molecule has 1 aromatic heterocycles. The molecule has 1 fully saturated rings. The van der Waals surface area contributed by atoms with Gasteiger partial charge in [-0.25, -0.2) is 0 Å². The number of aryl methyl sites for hydroxylation is 1. The summed E-state index contributed by atoms with van der Waals surface area (Å²) in [5, 5.41) is 0. The third-order valence-electron chi connectivity index (χ3n) is 2.79. The number of hydrogen-bond acceptors (Lipinski definition) is 3. The highest BCUT2D eigenvalue weighted by Crippen LogP contribution is 2.27. The summed E-state index contributed by atoms with van der Waals surface area (Å²) >= 11 is 0. The standard InChI is InChI=1S/C11H17NO2/c1-8-4-5-10(14-8)11(12)9-3-2-6-13-7-9/h4-5,9,11H,2-3,6-7,12H2,1H3. The second-order valence-electron chi connectivity index (χ2n) is 3.95. The monoisotopic (exact) mass is 195 g/mol. The quantitative estimate of drug-likeness (QED) is 0.785. The van der Waals surface area contributed by atoms with Crippen LogP contribution in [0.15, 0.2) is 16.5 Å². The summed E-state index contributed by atoms with van der Waals surface area (Å²) in [6.07, 6.45) is 2.25. The zero-order chi connectivity index (χ0) is 9.97. The molecule has 2 rings (SSSR count). The molecule has 78 valence electrons. The first-order valence-corrected chi connectivity index (χ1v) is 5.17. The average Bonchev–Trinajstić information content (AvgIpc) is 2.65. The van der Waals surface area contributed by atoms with E-state index in [-0.39, 0.29) is 6.04 Å². The predicted molar refractivity (Wildman–Crippen MR) is 53.9 cm³/mol. The van der Waals surface area contributed by atoms with Crippen molar-refractivity contribution in [3.05, 3.63) is 23.7 Å². The molecule has 1 aliphatic rings. The highest BCUT2D eigenvalue weighted by Gasteiger charge is 2.24. The zero-order valence-electron chi connectivity index (χ0n) is 8.53. The van der Waals surface area contributed by atoms with Gasteiger partial charge in [0.25, 0.3) is 0 Å². The maximum absolute atomic E-state index is 6.11. The third kappa shape index (κ3) is 1.99. The van der Waals surface area contributed by atoms with E-state index in [1.165, 1.54) is 0 Å². The first-order valence-electron chi connectivity index (χ1n) is 5.17. The van der Waals surface area contributed by atoms with E-state index in [2.05, 4.69) is 0 Å². The van der Waals surface area contributed by atoms with E-state index in [1.807, 2.05) is 19.1 Å². The first-order chi connectivity index (χ1) is 6.77. The summed E-state index contributed by atoms with van der Waals surface area (Å²) < 4.78 is 10.9. The van der Waals surface area contributed by atoms with Crippen LogP contribution < -0.4 is 5.73 Å². The molecular weight excluding hydrogens is 178 g/mol. The van der Waals surface area contributed by atoms with Crippen LogP contribution in [0.1, 0.15) is 30.4 Å². The molecule has 0 saturated carbocycles. The van der Waals surface area contributed by atoms with E-state index in [9.17, 15) is 0 Å². The molecule has 0 bridgehead atoms. The van der Waals surface area contributed by atoms with E-state index in [1.54, 1.807) is 0 Å². The van der Waals surface area contributed by atoms with Crippen molar-refractivity contribution in [3.63, 3.8) is 0 Å². The lowest BCUT2D eigenvalue weighted by Crippen LogP contribution is -2.28. The van der Waals surface area contributed by atoms with Crippen molar-refractivity contribution in [2.75, 3.05) is 13.2 Å². The zero-order valence-corrected chi connectivity index (χ0v) is 8.53. The Morgan fingerprint density at radius 1 is 1.50 bits per heavy atom. The summed E-state index contributed by atoms with van der Waals surface area (Å²) in [5.41, 5.74) is 6.11. The Bertz CT molecular complexity index is 289. The minimum Gasteiger partial charge on any atom is -0.465 e.